The molecule has 2 aromatic heterocycles. The van der Waals surface area contributed by atoms with E-state index in [0.717, 1.165) is 0 Å². The Labute approximate surface area is 228 Å². The molecule has 0 radical (unpaired) electrons. The monoisotopic (exact) mass is 593 g/mol. The number of nitrogens with two attached hydrogens (primary N) is 1. The summed E-state index contributed by atoms with van der Waals surface area (Å²) >= 11 is 0. The predicted molar refractivity (Wildman–Crippen MR) is 130 cm³/mol. The molecule has 1 fully saturated rings. The molecular formula is C21H32N5O13P. The van der Waals surface area contributed by atoms with Crippen molar-refractivity contribution in [1.82, 2.24) is 19.6 Å². The molecule has 0 unspecified atom stereocenters. The van der Waals surface area contributed by atoms with Gasteiger partial charge in [0.1, 0.15) is 30.2 Å². The zero-order valence-electron chi connectivity index (χ0n) is 22.4. The fourth-order valence-electron chi connectivity index (χ4n) is 3.46. The summed E-state index contributed by atoms with van der Waals surface area (Å²) in [4.78, 5) is 31.2. The molecule has 0 aliphatic carbocycles. The third-order valence-electron chi connectivity index (χ3n) is 5.25. The number of ether oxygens (including phenoxy) is 5. The van der Waals surface area contributed by atoms with Crippen molar-refractivity contribution in [3.05, 3.63) is 18.2 Å². The lowest BCUT2D eigenvalue weighted by Gasteiger charge is -2.26. The summed E-state index contributed by atoms with van der Waals surface area (Å²) in [5, 5.41) is 25.9. The first kappa shape index (κ1) is 31.4. The lowest BCUT2D eigenvalue weighted by Crippen LogP contribution is -2.43. The van der Waals surface area contributed by atoms with Gasteiger partial charge in [0, 0.05) is 0 Å². The Kier molecular flexibility index (Phi) is 10.2. The van der Waals surface area contributed by atoms with Crippen molar-refractivity contribution in [1.29, 1.82) is 0 Å². The Balaban J connectivity index is 1.69. The Morgan fingerprint density at radius 2 is 1.68 bits per heavy atom. The first-order valence-corrected chi connectivity index (χ1v) is 13.4. The molecular weight excluding hydrogens is 561 g/mol. The molecule has 1 aliphatic heterocycles. The van der Waals surface area contributed by atoms with Gasteiger partial charge in [0.2, 0.25) is 13.6 Å². The Hall–Kier alpha value is -3.12. The van der Waals surface area contributed by atoms with Gasteiger partial charge in [-0.2, -0.15) is 5.10 Å². The first-order valence-electron chi connectivity index (χ1n) is 11.9. The second-order valence-corrected chi connectivity index (χ2v) is 10.8. The van der Waals surface area contributed by atoms with Crippen molar-refractivity contribution in [3.63, 3.8) is 0 Å². The Bertz CT molecular complexity index is 1190. The second kappa shape index (κ2) is 13.0. The summed E-state index contributed by atoms with van der Waals surface area (Å²) in [6.45, 7) is 5.10. The number of phosphoric ester groups is 1. The summed E-state index contributed by atoms with van der Waals surface area (Å²) < 4.78 is 54.4. The van der Waals surface area contributed by atoms with E-state index in [9.17, 15) is 24.4 Å². The summed E-state index contributed by atoms with van der Waals surface area (Å²) in [5.41, 5.74) is 4.34. The van der Waals surface area contributed by atoms with E-state index >= 15 is 0 Å². The van der Waals surface area contributed by atoms with E-state index in [1.54, 1.807) is 27.7 Å². The standard InChI is InChI=1S/C21H32N5O13P/c1-11(2)37-19(28)32-9-35-40(31,36-10-33-20(29)38-12(3)4)34-7-14-15(27)21(5,30)16(39-14)13-6-23-18-17(22)24-8-25-26(13)18/h6,8,11-12,14-16,27,30H,7,9-10H2,1-5H3,(H2,22,24,25)/t14-,15-,16+,21-/m1/s1. The number of rotatable bonds is 12. The van der Waals surface area contributed by atoms with E-state index in [0.29, 0.717) is 0 Å². The molecule has 3 heterocycles. The SMILES string of the molecule is CC(C)OC(=O)OCOP(=O)(OCOC(=O)OC(C)C)OC[C@H]1O[C@@H](c2cnc3c(N)ncnn23)[C@](C)(O)[C@@H]1O. The van der Waals surface area contributed by atoms with Crippen LogP contribution in [0.1, 0.15) is 46.4 Å². The number of imidazole rings is 1. The molecule has 4 atom stereocenters. The minimum Gasteiger partial charge on any atom is -0.432 e. The molecule has 0 bridgehead atoms. The summed E-state index contributed by atoms with van der Waals surface area (Å²) in [6, 6.07) is 0. The van der Waals surface area contributed by atoms with Gasteiger partial charge in [-0.15, -0.1) is 0 Å². The zero-order valence-corrected chi connectivity index (χ0v) is 23.3. The van der Waals surface area contributed by atoms with Crippen LogP contribution in [0.2, 0.25) is 0 Å². The van der Waals surface area contributed by atoms with Crippen LogP contribution in [0.4, 0.5) is 15.4 Å². The van der Waals surface area contributed by atoms with Gasteiger partial charge in [0.15, 0.2) is 11.5 Å². The zero-order chi connectivity index (χ0) is 29.7. The minimum atomic E-state index is -4.64. The molecule has 4 N–H and O–H groups in total. The Morgan fingerprint density at radius 3 is 2.23 bits per heavy atom. The van der Waals surface area contributed by atoms with Crippen molar-refractivity contribution in [2.75, 3.05) is 25.9 Å². The van der Waals surface area contributed by atoms with Gasteiger partial charge >= 0.3 is 20.1 Å². The lowest BCUT2D eigenvalue weighted by atomic mass is 9.91. The maximum atomic E-state index is 13.2. The molecule has 0 spiro atoms. The fourth-order valence-corrected chi connectivity index (χ4v) is 4.37. The number of fused-ring (bicyclic) bond motifs is 1. The third kappa shape index (κ3) is 7.75. The van der Waals surface area contributed by atoms with Gasteiger partial charge < -0.3 is 39.6 Å². The van der Waals surface area contributed by atoms with E-state index in [1.807, 2.05) is 0 Å². The minimum absolute atomic E-state index is 0.0774. The molecule has 3 rings (SSSR count). The Morgan fingerprint density at radius 1 is 1.10 bits per heavy atom. The normalized spacial score (nSPS) is 23.1. The van der Waals surface area contributed by atoms with Crippen molar-refractivity contribution >= 4 is 31.6 Å². The molecule has 40 heavy (non-hydrogen) atoms. The smallest absolute Gasteiger partial charge is 0.432 e. The van der Waals surface area contributed by atoms with Crippen LogP contribution >= 0.6 is 7.82 Å². The van der Waals surface area contributed by atoms with Crippen LogP contribution < -0.4 is 5.73 Å². The fraction of sp³-hybridized carbons (Fsp3) is 0.667. The van der Waals surface area contributed by atoms with Crippen LogP contribution in [0.5, 0.6) is 0 Å². The summed E-state index contributed by atoms with van der Waals surface area (Å²) in [7, 11) is -4.64. The molecule has 224 valence electrons. The number of hydrogen-bond acceptors (Lipinski definition) is 17. The lowest BCUT2D eigenvalue weighted by molar-refractivity contribution is -0.0665. The van der Waals surface area contributed by atoms with Gasteiger partial charge in [-0.3, -0.25) is 4.52 Å². The van der Waals surface area contributed by atoms with Crippen molar-refractivity contribution in [3.8, 4) is 0 Å². The van der Waals surface area contributed by atoms with Gasteiger partial charge in [0.05, 0.1) is 30.7 Å². The van der Waals surface area contributed by atoms with Gasteiger partial charge in [-0.1, -0.05) is 0 Å². The quantitative estimate of drug-likeness (QED) is 0.179. The molecule has 1 saturated heterocycles. The number of aliphatic hydroxyl groups excluding tert-OH is 1. The number of phosphoric acid groups is 1. The first-order chi connectivity index (χ1) is 18.7. The van der Waals surface area contributed by atoms with E-state index in [1.165, 1.54) is 24.0 Å². The van der Waals surface area contributed by atoms with E-state index in [2.05, 4.69) is 24.5 Å². The number of nitrogens with zero attached hydrogens (tertiary/aromatic N) is 4. The van der Waals surface area contributed by atoms with Crippen LogP contribution in [0.15, 0.2) is 12.5 Å². The molecule has 0 amide bonds. The second-order valence-electron chi connectivity index (χ2n) is 9.15. The van der Waals surface area contributed by atoms with Crippen LogP contribution in [0, 0.1) is 0 Å². The van der Waals surface area contributed by atoms with Gasteiger partial charge in [-0.05, 0) is 34.6 Å². The maximum absolute atomic E-state index is 13.2. The van der Waals surface area contributed by atoms with E-state index in [4.69, 9.17) is 33.5 Å². The van der Waals surface area contributed by atoms with Crippen molar-refractivity contribution in [2.24, 2.45) is 0 Å². The van der Waals surface area contributed by atoms with Gasteiger partial charge in [-0.25, -0.2) is 37.7 Å². The number of aromatic nitrogens is 4. The largest absolute Gasteiger partial charge is 0.510 e. The van der Waals surface area contributed by atoms with Crippen LogP contribution in [-0.2, 0) is 41.8 Å². The van der Waals surface area contributed by atoms with Crippen molar-refractivity contribution in [2.45, 2.75) is 70.7 Å². The van der Waals surface area contributed by atoms with E-state index in [-0.39, 0.29) is 17.2 Å². The molecule has 0 aromatic carbocycles. The molecule has 0 saturated carbocycles. The van der Waals surface area contributed by atoms with Crippen LogP contribution in [-0.4, -0.2) is 92.3 Å². The number of carbonyl (C=O) groups excluding carboxylic acids is 2. The average Bonchev–Trinajstić information content (AvgIpc) is 3.36. The number of aliphatic hydroxyl groups is 2. The highest BCUT2D eigenvalue weighted by atomic mass is 31.2. The van der Waals surface area contributed by atoms with Crippen LogP contribution in [0.25, 0.3) is 5.65 Å². The van der Waals surface area contributed by atoms with Gasteiger partial charge in [0.25, 0.3) is 0 Å². The maximum Gasteiger partial charge on any atom is 0.510 e. The molecule has 18 nitrogen and oxygen atoms in total. The summed E-state index contributed by atoms with van der Waals surface area (Å²) in [5.74, 6) is 0.0774. The topological polar surface area (TPSA) is 235 Å². The predicted octanol–water partition coefficient (Wildman–Crippen LogP) is 1.45. The van der Waals surface area contributed by atoms with E-state index < -0.39 is 76.4 Å². The molecule has 2 aromatic rings. The third-order valence-corrected chi connectivity index (χ3v) is 6.56. The number of carbonyl (C=O) groups is 2. The molecule has 1 aliphatic rings. The number of nitrogen functional groups attached to an aromatic ring is 1. The number of hydrogen-bond donors (Lipinski definition) is 3. The highest BCUT2D eigenvalue weighted by molar-refractivity contribution is 7.48. The van der Waals surface area contributed by atoms with Crippen LogP contribution in [0.3, 0.4) is 0 Å². The highest BCUT2D eigenvalue weighted by Gasteiger charge is 2.54. The van der Waals surface area contributed by atoms with Crippen molar-refractivity contribution < 1.29 is 61.6 Å². The highest BCUT2D eigenvalue weighted by Crippen LogP contribution is 2.51. The molecule has 19 heteroatoms. The number of anilines is 1. The average molecular weight is 593 g/mol. The summed E-state index contributed by atoms with van der Waals surface area (Å²) in [6.07, 6.45) is -4.77.